The predicted molar refractivity (Wildman–Crippen MR) is 80.0 cm³/mol. The summed E-state index contributed by atoms with van der Waals surface area (Å²) in [5.41, 5.74) is 3.32. The van der Waals surface area contributed by atoms with Gasteiger partial charge < -0.3 is 4.74 Å². The standard InChI is InChI=1S/C17H15NO3/c1-21-17(20)10-8-13-7-9-15(16(11-13)18-12-19)14-5-3-2-4-6-14/h2-7,9,11H,8,10H2,1H3. The molecule has 4 heteroatoms. The maximum absolute atomic E-state index is 11.2. The van der Waals surface area contributed by atoms with Crippen molar-refractivity contribution < 1.29 is 14.3 Å². The normalized spacial score (nSPS) is 9.76. The molecule has 0 unspecified atom stereocenters. The molecule has 0 heterocycles. The van der Waals surface area contributed by atoms with Crippen molar-refractivity contribution in [2.75, 3.05) is 7.11 Å². The van der Waals surface area contributed by atoms with Crippen LogP contribution in [0.25, 0.3) is 11.1 Å². The Morgan fingerprint density at radius 1 is 1.19 bits per heavy atom. The Labute approximate surface area is 123 Å². The van der Waals surface area contributed by atoms with Gasteiger partial charge in [0.05, 0.1) is 12.8 Å². The summed E-state index contributed by atoms with van der Waals surface area (Å²) in [4.78, 5) is 25.6. The molecule has 0 saturated carbocycles. The number of hydrogen-bond donors (Lipinski definition) is 0. The van der Waals surface area contributed by atoms with Crippen LogP contribution < -0.4 is 0 Å². The summed E-state index contributed by atoms with van der Waals surface area (Å²) in [6, 6.07) is 15.3. The Morgan fingerprint density at radius 2 is 1.95 bits per heavy atom. The number of carbonyl (C=O) groups is 1. The van der Waals surface area contributed by atoms with E-state index in [1.54, 1.807) is 12.1 Å². The molecule has 0 radical (unpaired) electrons. The first-order chi connectivity index (χ1) is 10.2. The highest BCUT2D eigenvalue weighted by Crippen LogP contribution is 2.31. The molecule has 0 atom stereocenters. The minimum absolute atomic E-state index is 0.262. The maximum Gasteiger partial charge on any atom is 0.305 e. The van der Waals surface area contributed by atoms with Crippen LogP contribution in [-0.4, -0.2) is 19.2 Å². The summed E-state index contributed by atoms with van der Waals surface area (Å²) in [5, 5.41) is 0. The van der Waals surface area contributed by atoms with Crippen LogP contribution >= 0.6 is 0 Å². The summed E-state index contributed by atoms with van der Waals surface area (Å²) >= 11 is 0. The van der Waals surface area contributed by atoms with Crippen LogP contribution in [0.5, 0.6) is 0 Å². The second kappa shape index (κ2) is 7.17. The molecule has 4 nitrogen and oxygen atoms in total. The topological polar surface area (TPSA) is 55.7 Å². The third-order valence-corrected chi connectivity index (χ3v) is 3.16. The van der Waals surface area contributed by atoms with E-state index in [-0.39, 0.29) is 5.97 Å². The zero-order valence-corrected chi connectivity index (χ0v) is 11.7. The number of ether oxygens (including phenoxy) is 1. The number of benzene rings is 2. The number of hydrogen-bond acceptors (Lipinski definition) is 4. The van der Waals surface area contributed by atoms with Crippen LogP contribution in [0.2, 0.25) is 0 Å². The molecule has 0 aromatic heterocycles. The zero-order valence-electron chi connectivity index (χ0n) is 11.7. The van der Waals surface area contributed by atoms with E-state index < -0.39 is 0 Å². The number of carbonyl (C=O) groups excluding carboxylic acids is 2. The molecular formula is C17H15NO3. The van der Waals surface area contributed by atoms with E-state index in [1.165, 1.54) is 7.11 Å². The van der Waals surface area contributed by atoms with Crippen molar-refractivity contribution in [1.82, 2.24) is 0 Å². The highest BCUT2D eigenvalue weighted by atomic mass is 16.5. The minimum Gasteiger partial charge on any atom is -0.469 e. The first kappa shape index (κ1) is 14.7. The lowest BCUT2D eigenvalue weighted by Crippen LogP contribution is -2.01. The van der Waals surface area contributed by atoms with Crippen LogP contribution in [0.4, 0.5) is 5.69 Å². The van der Waals surface area contributed by atoms with E-state index in [0.29, 0.717) is 18.5 Å². The van der Waals surface area contributed by atoms with Gasteiger partial charge in [0.1, 0.15) is 0 Å². The monoisotopic (exact) mass is 281 g/mol. The number of rotatable bonds is 5. The molecule has 2 aromatic carbocycles. The van der Waals surface area contributed by atoms with Crippen molar-refractivity contribution in [3.63, 3.8) is 0 Å². The Bertz CT molecular complexity index is 674. The Kier molecular flexibility index (Phi) is 5.02. The number of esters is 1. The van der Waals surface area contributed by atoms with Crippen molar-refractivity contribution >= 4 is 17.7 Å². The van der Waals surface area contributed by atoms with Gasteiger partial charge >= 0.3 is 5.97 Å². The van der Waals surface area contributed by atoms with E-state index >= 15 is 0 Å². The molecule has 0 amide bonds. The molecule has 106 valence electrons. The molecule has 2 aromatic rings. The molecule has 0 spiro atoms. The highest BCUT2D eigenvalue weighted by Gasteiger charge is 2.07. The van der Waals surface area contributed by atoms with Crippen LogP contribution in [0.1, 0.15) is 12.0 Å². The van der Waals surface area contributed by atoms with Crippen LogP contribution in [0.3, 0.4) is 0 Å². The fourth-order valence-corrected chi connectivity index (χ4v) is 2.08. The molecule has 0 bridgehead atoms. The van der Waals surface area contributed by atoms with Crippen molar-refractivity contribution in [1.29, 1.82) is 0 Å². The molecule has 0 aliphatic carbocycles. The summed E-state index contributed by atoms with van der Waals surface area (Å²) in [5.74, 6) is -0.262. The van der Waals surface area contributed by atoms with Gasteiger partial charge in [-0.25, -0.2) is 4.79 Å². The van der Waals surface area contributed by atoms with Crippen LogP contribution in [0.15, 0.2) is 53.5 Å². The zero-order chi connectivity index (χ0) is 15.1. The van der Waals surface area contributed by atoms with Crippen molar-refractivity contribution in [2.45, 2.75) is 12.8 Å². The fourth-order valence-electron chi connectivity index (χ4n) is 2.08. The molecule has 0 N–H and O–H groups in total. The lowest BCUT2D eigenvalue weighted by Gasteiger charge is -2.08. The van der Waals surface area contributed by atoms with Crippen molar-refractivity contribution in [2.24, 2.45) is 4.99 Å². The highest BCUT2D eigenvalue weighted by molar-refractivity contribution is 5.78. The first-order valence-electron chi connectivity index (χ1n) is 6.57. The number of aryl methyl sites for hydroxylation is 1. The number of methoxy groups -OCH3 is 1. The van der Waals surface area contributed by atoms with E-state index in [9.17, 15) is 9.59 Å². The Morgan fingerprint density at radius 3 is 2.62 bits per heavy atom. The van der Waals surface area contributed by atoms with E-state index in [2.05, 4.69) is 9.73 Å². The SMILES string of the molecule is COC(=O)CCc1ccc(-c2ccccc2)c(N=C=O)c1. The van der Waals surface area contributed by atoms with Gasteiger partial charge in [-0.3, -0.25) is 4.79 Å². The number of aliphatic imine (C=N–C) groups is 1. The summed E-state index contributed by atoms with van der Waals surface area (Å²) in [6.45, 7) is 0. The number of nitrogens with zero attached hydrogens (tertiary/aromatic N) is 1. The molecular weight excluding hydrogens is 266 g/mol. The van der Waals surface area contributed by atoms with Crippen molar-refractivity contribution in [3.05, 3.63) is 54.1 Å². The summed E-state index contributed by atoms with van der Waals surface area (Å²) < 4.78 is 4.62. The average Bonchev–Trinajstić information content (AvgIpc) is 2.54. The van der Waals surface area contributed by atoms with Crippen LogP contribution in [0, 0.1) is 0 Å². The molecule has 21 heavy (non-hydrogen) atoms. The van der Waals surface area contributed by atoms with Gasteiger partial charge in [0.25, 0.3) is 0 Å². The van der Waals surface area contributed by atoms with Gasteiger partial charge in [-0.1, -0.05) is 42.5 Å². The van der Waals surface area contributed by atoms with Gasteiger partial charge in [0.2, 0.25) is 6.08 Å². The average molecular weight is 281 g/mol. The second-order valence-electron chi connectivity index (χ2n) is 4.50. The third kappa shape index (κ3) is 3.88. The van der Waals surface area contributed by atoms with Gasteiger partial charge in [-0.15, -0.1) is 0 Å². The van der Waals surface area contributed by atoms with Gasteiger partial charge in [0, 0.05) is 12.0 Å². The third-order valence-electron chi connectivity index (χ3n) is 3.16. The molecule has 0 aliphatic rings. The van der Waals surface area contributed by atoms with Gasteiger partial charge in [-0.2, -0.15) is 4.99 Å². The number of isocyanates is 1. The molecule has 0 saturated heterocycles. The van der Waals surface area contributed by atoms with E-state index in [0.717, 1.165) is 16.7 Å². The van der Waals surface area contributed by atoms with Crippen molar-refractivity contribution in [3.8, 4) is 11.1 Å². The lowest BCUT2D eigenvalue weighted by atomic mass is 10.00. The lowest BCUT2D eigenvalue weighted by molar-refractivity contribution is -0.140. The Balaban J connectivity index is 2.31. The molecule has 2 rings (SSSR count). The minimum atomic E-state index is -0.262. The van der Waals surface area contributed by atoms with Gasteiger partial charge in [-0.05, 0) is 23.6 Å². The van der Waals surface area contributed by atoms with E-state index in [1.807, 2.05) is 42.5 Å². The second-order valence-corrected chi connectivity index (χ2v) is 4.50. The molecule has 0 aliphatic heterocycles. The fraction of sp³-hybridized carbons (Fsp3) is 0.176. The smallest absolute Gasteiger partial charge is 0.305 e. The summed E-state index contributed by atoms with van der Waals surface area (Å²) in [7, 11) is 1.36. The molecule has 0 fully saturated rings. The van der Waals surface area contributed by atoms with E-state index in [4.69, 9.17) is 0 Å². The summed E-state index contributed by atoms with van der Waals surface area (Å²) in [6.07, 6.45) is 2.42. The predicted octanol–water partition coefficient (Wildman–Crippen LogP) is 3.43. The van der Waals surface area contributed by atoms with Gasteiger partial charge in [0.15, 0.2) is 0 Å². The quantitative estimate of drug-likeness (QED) is 0.479. The Hall–Kier alpha value is -2.71. The maximum atomic E-state index is 11.2. The van der Waals surface area contributed by atoms with Crippen LogP contribution in [-0.2, 0) is 20.7 Å². The first-order valence-corrected chi connectivity index (χ1v) is 6.57. The largest absolute Gasteiger partial charge is 0.469 e.